The van der Waals surface area contributed by atoms with Crippen LogP contribution in [0.4, 0.5) is 0 Å². The number of nitrogens with one attached hydrogen (secondary N) is 2. The molecule has 1 aromatic carbocycles. The smallest absolute Gasteiger partial charge is 0.256 e. The largest absolute Gasteiger partial charge is 0.496 e. The van der Waals surface area contributed by atoms with Crippen molar-refractivity contribution in [3.8, 4) is 5.75 Å². The molecule has 38 heavy (non-hydrogen) atoms. The van der Waals surface area contributed by atoms with Gasteiger partial charge in [0.25, 0.3) is 11.5 Å². The lowest BCUT2D eigenvalue weighted by molar-refractivity contribution is -0.137. The van der Waals surface area contributed by atoms with Crippen molar-refractivity contribution in [1.29, 1.82) is 0 Å². The van der Waals surface area contributed by atoms with E-state index >= 15 is 0 Å². The van der Waals surface area contributed by atoms with Crippen molar-refractivity contribution in [2.24, 2.45) is 11.8 Å². The van der Waals surface area contributed by atoms with Crippen LogP contribution in [0, 0.1) is 25.7 Å². The van der Waals surface area contributed by atoms with E-state index in [0.29, 0.717) is 41.7 Å². The summed E-state index contributed by atoms with van der Waals surface area (Å²) < 4.78 is 13.0. The van der Waals surface area contributed by atoms with Gasteiger partial charge in [-0.15, -0.1) is 0 Å². The zero-order chi connectivity index (χ0) is 26.8. The molecule has 2 N–H and O–H groups in total. The Morgan fingerprint density at radius 3 is 2.63 bits per heavy atom. The number of likely N-dealkylation sites (tertiary alicyclic amines) is 1. The number of aryl methyl sites for hydroxylation is 1. The van der Waals surface area contributed by atoms with Crippen molar-refractivity contribution in [2.45, 2.75) is 46.2 Å². The van der Waals surface area contributed by atoms with Crippen LogP contribution in [-0.4, -0.2) is 59.7 Å². The topological polar surface area (TPSA) is 106 Å². The molecular weight excluding hydrogens is 484 g/mol. The number of nitrogens with zero attached hydrogens (tertiary/aromatic N) is 2. The Morgan fingerprint density at radius 2 is 1.92 bits per heavy atom. The Hall–Kier alpha value is -3.59. The molecule has 0 radical (unpaired) electrons. The number of carbonyl (C=O) groups is 2. The van der Waals surface area contributed by atoms with E-state index < -0.39 is 0 Å². The maximum atomic E-state index is 13.4. The van der Waals surface area contributed by atoms with Crippen LogP contribution in [0.3, 0.4) is 0 Å². The molecule has 202 valence electrons. The standard InChI is InChI=1S/C29H36N4O5/c1-18-14-25(37-3)23(27(34)31-18)15-30-28(35)26-19(2)33(24-7-5-4-6-22(24)26)16-20-8-11-32(12-9-20)29(36)21-10-13-38-17-21/h4-7,14,20-21H,8-13,15-17H2,1-3H3,(H,30,35)(H,31,34). The molecule has 1 atom stereocenters. The fourth-order valence-corrected chi connectivity index (χ4v) is 5.83. The SMILES string of the molecule is COc1cc(C)[nH]c(=O)c1CNC(=O)c1c(C)n(CC2CCN(C(=O)C3CCOC3)CC2)c2ccccc12. The molecule has 9 nitrogen and oxygen atoms in total. The first-order valence-corrected chi connectivity index (χ1v) is 13.4. The van der Waals surface area contributed by atoms with Gasteiger partial charge in [-0.2, -0.15) is 0 Å². The van der Waals surface area contributed by atoms with Gasteiger partial charge in [-0.1, -0.05) is 18.2 Å². The second kappa shape index (κ2) is 11.0. The number of para-hydroxylation sites is 1. The number of amides is 2. The molecule has 0 saturated carbocycles. The molecule has 2 fully saturated rings. The highest BCUT2D eigenvalue weighted by Crippen LogP contribution is 2.30. The van der Waals surface area contributed by atoms with E-state index in [1.807, 2.05) is 36.1 Å². The molecule has 0 spiro atoms. The van der Waals surface area contributed by atoms with Crippen LogP contribution in [0.15, 0.2) is 35.1 Å². The van der Waals surface area contributed by atoms with Gasteiger partial charge in [0.05, 0.1) is 37.3 Å². The van der Waals surface area contributed by atoms with Crippen LogP contribution in [-0.2, 0) is 22.6 Å². The van der Waals surface area contributed by atoms with Gasteiger partial charge < -0.3 is 29.2 Å². The predicted octanol–water partition coefficient (Wildman–Crippen LogP) is 3.16. The minimum atomic E-state index is -0.272. The summed E-state index contributed by atoms with van der Waals surface area (Å²) in [5, 5.41) is 3.83. The molecule has 2 aliphatic heterocycles. The van der Waals surface area contributed by atoms with Gasteiger partial charge in [-0.3, -0.25) is 14.4 Å². The summed E-state index contributed by atoms with van der Waals surface area (Å²) in [5.74, 6) is 0.889. The highest BCUT2D eigenvalue weighted by Gasteiger charge is 2.31. The molecule has 2 amide bonds. The van der Waals surface area contributed by atoms with Gasteiger partial charge in [0.1, 0.15) is 5.75 Å². The Morgan fingerprint density at radius 1 is 1.16 bits per heavy atom. The summed E-state index contributed by atoms with van der Waals surface area (Å²) in [7, 11) is 1.51. The molecular formula is C29H36N4O5. The average molecular weight is 521 g/mol. The van der Waals surface area contributed by atoms with E-state index in [0.717, 1.165) is 55.5 Å². The summed E-state index contributed by atoms with van der Waals surface area (Å²) >= 11 is 0. The lowest BCUT2D eigenvalue weighted by Crippen LogP contribution is -2.42. The molecule has 2 saturated heterocycles. The highest BCUT2D eigenvalue weighted by molar-refractivity contribution is 6.08. The Bertz CT molecular complexity index is 1390. The lowest BCUT2D eigenvalue weighted by atomic mass is 9.95. The number of ether oxygens (including phenoxy) is 2. The number of methoxy groups -OCH3 is 1. The molecule has 2 aromatic heterocycles. The normalized spacial score (nSPS) is 18.2. The van der Waals surface area contributed by atoms with E-state index in [2.05, 4.69) is 14.9 Å². The van der Waals surface area contributed by atoms with Crippen LogP contribution in [0.1, 0.15) is 46.6 Å². The fourth-order valence-electron chi connectivity index (χ4n) is 5.83. The average Bonchev–Trinajstić information content (AvgIpc) is 3.55. The zero-order valence-corrected chi connectivity index (χ0v) is 22.3. The molecule has 0 aliphatic carbocycles. The quantitative estimate of drug-likeness (QED) is 0.498. The number of benzene rings is 1. The van der Waals surface area contributed by atoms with Crippen LogP contribution < -0.4 is 15.6 Å². The van der Waals surface area contributed by atoms with Crippen molar-refractivity contribution >= 4 is 22.7 Å². The Labute approximate surface area is 222 Å². The first kappa shape index (κ1) is 26.0. The number of rotatable bonds is 7. The third-order valence-electron chi connectivity index (χ3n) is 7.98. The van der Waals surface area contributed by atoms with Crippen molar-refractivity contribution in [1.82, 2.24) is 19.8 Å². The fraction of sp³-hybridized carbons (Fsp3) is 0.483. The van der Waals surface area contributed by atoms with Gasteiger partial charge in [-0.25, -0.2) is 0 Å². The lowest BCUT2D eigenvalue weighted by Gasteiger charge is -2.34. The number of piperidine rings is 1. The summed E-state index contributed by atoms with van der Waals surface area (Å²) in [6.07, 6.45) is 2.69. The molecule has 2 aliphatic rings. The summed E-state index contributed by atoms with van der Waals surface area (Å²) in [6.45, 7) is 7.37. The van der Waals surface area contributed by atoms with Crippen LogP contribution in [0.5, 0.6) is 5.75 Å². The van der Waals surface area contributed by atoms with Gasteiger partial charge in [0.2, 0.25) is 5.91 Å². The summed E-state index contributed by atoms with van der Waals surface area (Å²) in [6, 6.07) is 9.69. The van der Waals surface area contributed by atoms with Gasteiger partial charge >= 0.3 is 0 Å². The molecule has 1 unspecified atom stereocenters. The number of aromatic amines is 1. The van der Waals surface area contributed by atoms with E-state index in [9.17, 15) is 14.4 Å². The molecule has 0 bridgehead atoms. The van der Waals surface area contributed by atoms with Crippen LogP contribution in [0.2, 0.25) is 0 Å². The second-order valence-corrected chi connectivity index (χ2v) is 10.4. The van der Waals surface area contributed by atoms with E-state index in [1.165, 1.54) is 7.11 Å². The first-order chi connectivity index (χ1) is 18.4. The van der Waals surface area contributed by atoms with E-state index in [4.69, 9.17) is 9.47 Å². The third kappa shape index (κ3) is 5.07. The summed E-state index contributed by atoms with van der Waals surface area (Å²) in [5.41, 5.74) is 3.35. The molecule has 3 aromatic rings. The predicted molar refractivity (Wildman–Crippen MR) is 144 cm³/mol. The number of fused-ring (bicyclic) bond motifs is 1. The Kier molecular flexibility index (Phi) is 7.56. The minimum Gasteiger partial charge on any atom is -0.496 e. The molecule has 4 heterocycles. The molecule has 9 heteroatoms. The number of carbonyl (C=O) groups excluding carboxylic acids is 2. The van der Waals surface area contributed by atoms with Crippen molar-refractivity contribution < 1.29 is 19.1 Å². The number of hydrogen-bond acceptors (Lipinski definition) is 5. The number of hydrogen-bond donors (Lipinski definition) is 2. The highest BCUT2D eigenvalue weighted by atomic mass is 16.5. The van der Waals surface area contributed by atoms with Crippen molar-refractivity contribution in [2.75, 3.05) is 33.4 Å². The third-order valence-corrected chi connectivity index (χ3v) is 7.98. The van der Waals surface area contributed by atoms with Gasteiger partial charge in [0, 0.05) is 48.5 Å². The monoisotopic (exact) mass is 520 g/mol. The maximum Gasteiger partial charge on any atom is 0.256 e. The zero-order valence-electron chi connectivity index (χ0n) is 22.3. The van der Waals surface area contributed by atoms with Crippen LogP contribution in [0.25, 0.3) is 10.9 Å². The maximum absolute atomic E-state index is 13.4. The number of pyridine rings is 1. The molecule has 5 rings (SSSR count). The van der Waals surface area contributed by atoms with Gasteiger partial charge in [0.15, 0.2) is 0 Å². The first-order valence-electron chi connectivity index (χ1n) is 13.4. The number of H-pyrrole nitrogens is 1. The second-order valence-electron chi connectivity index (χ2n) is 10.4. The minimum absolute atomic E-state index is 0.0127. The van der Waals surface area contributed by atoms with Crippen LogP contribution >= 0.6 is 0 Å². The summed E-state index contributed by atoms with van der Waals surface area (Å²) in [4.78, 5) is 43.5. The number of aromatic nitrogens is 2. The van der Waals surface area contributed by atoms with E-state index in [1.54, 1.807) is 13.0 Å². The Balaban J connectivity index is 1.31. The van der Waals surface area contributed by atoms with E-state index in [-0.39, 0.29) is 29.8 Å². The van der Waals surface area contributed by atoms with Crippen molar-refractivity contribution in [3.05, 3.63) is 63.2 Å². The van der Waals surface area contributed by atoms with Gasteiger partial charge in [-0.05, 0) is 51.2 Å². The van der Waals surface area contributed by atoms with Crippen molar-refractivity contribution in [3.63, 3.8) is 0 Å².